The van der Waals surface area contributed by atoms with E-state index in [-0.39, 0.29) is 17.7 Å². The molecule has 0 aliphatic rings. The molecular weight excluding hydrogens is 466 g/mol. The van der Waals surface area contributed by atoms with Gasteiger partial charge in [-0.2, -0.15) is 0 Å². The number of rotatable bonds is 26. The van der Waals surface area contributed by atoms with Crippen LogP contribution in [0.3, 0.4) is 0 Å². The lowest BCUT2D eigenvalue weighted by Gasteiger charge is -2.23. The summed E-state index contributed by atoms with van der Waals surface area (Å²) in [5, 5.41) is 8.35. The van der Waals surface area contributed by atoms with E-state index in [0.717, 1.165) is 44.9 Å². The van der Waals surface area contributed by atoms with Crippen molar-refractivity contribution in [1.82, 2.24) is 16.0 Å². The van der Waals surface area contributed by atoms with Crippen molar-refractivity contribution in [2.24, 2.45) is 11.5 Å². The van der Waals surface area contributed by atoms with Crippen LogP contribution < -0.4 is 27.4 Å². The number of nitrogens with two attached hydrogens (primary N) is 2. The van der Waals surface area contributed by atoms with E-state index >= 15 is 0 Å². The predicted octanol–water partition coefficient (Wildman–Crippen LogP) is 4.44. The molecule has 8 nitrogen and oxygen atoms in total. The molecule has 0 unspecified atom stereocenters. The fraction of sp³-hybridized carbons (Fsp3) is 0.897. The molecule has 8 heteroatoms. The molecule has 0 spiro atoms. The Balaban J connectivity index is 4.29. The molecule has 0 aromatic carbocycles. The number of amides is 3. The Morgan fingerprint density at radius 3 is 1.43 bits per heavy atom. The van der Waals surface area contributed by atoms with E-state index in [4.69, 9.17) is 11.5 Å². The van der Waals surface area contributed by atoms with Crippen LogP contribution in [0.4, 0.5) is 0 Å². The Morgan fingerprint density at radius 2 is 1.00 bits per heavy atom. The Morgan fingerprint density at radius 1 is 0.568 bits per heavy atom. The number of nitrogens with one attached hydrogen (secondary N) is 3. The van der Waals surface area contributed by atoms with Crippen LogP contribution in [-0.4, -0.2) is 49.9 Å². The minimum Gasteiger partial charge on any atom is -0.357 e. The van der Waals surface area contributed by atoms with Crippen molar-refractivity contribution in [1.29, 1.82) is 0 Å². The SMILES string of the molecule is CCCCCCCCCCCCCCCC(=O)N[C@@H](CCCCN)C(=O)N[C@@H](CCCCN)C(=O)NC. The Labute approximate surface area is 227 Å². The van der Waals surface area contributed by atoms with Crippen LogP contribution in [0.1, 0.15) is 135 Å². The molecule has 0 rings (SSSR count). The van der Waals surface area contributed by atoms with Crippen LogP contribution in [0, 0.1) is 0 Å². The van der Waals surface area contributed by atoms with E-state index in [1.807, 2.05) is 0 Å². The molecule has 218 valence electrons. The first-order valence-corrected chi connectivity index (χ1v) is 15.2. The van der Waals surface area contributed by atoms with Crippen LogP contribution in [0.15, 0.2) is 0 Å². The first-order chi connectivity index (χ1) is 18.0. The van der Waals surface area contributed by atoms with Crippen molar-refractivity contribution in [3.63, 3.8) is 0 Å². The van der Waals surface area contributed by atoms with Crippen LogP contribution >= 0.6 is 0 Å². The lowest BCUT2D eigenvalue weighted by atomic mass is 10.0. The fourth-order valence-electron chi connectivity index (χ4n) is 4.54. The highest BCUT2D eigenvalue weighted by Crippen LogP contribution is 2.13. The summed E-state index contributed by atoms with van der Waals surface area (Å²) >= 11 is 0. The summed E-state index contributed by atoms with van der Waals surface area (Å²) < 4.78 is 0. The van der Waals surface area contributed by atoms with Crippen molar-refractivity contribution < 1.29 is 14.4 Å². The zero-order valence-corrected chi connectivity index (χ0v) is 24.1. The lowest BCUT2D eigenvalue weighted by molar-refractivity contribution is -0.132. The summed E-state index contributed by atoms with van der Waals surface area (Å²) in [4.78, 5) is 37.8. The van der Waals surface area contributed by atoms with E-state index in [0.29, 0.717) is 32.4 Å². The normalized spacial score (nSPS) is 12.6. The minimum absolute atomic E-state index is 0.101. The summed E-state index contributed by atoms with van der Waals surface area (Å²) in [6.45, 7) is 3.35. The van der Waals surface area contributed by atoms with Gasteiger partial charge in [-0.15, -0.1) is 0 Å². The van der Waals surface area contributed by atoms with Gasteiger partial charge in [-0.1, -0.05) is 84.0 Å². The molecule has 0 aliphatic carbocycles. The molecule has 0 saturated heterocycles. The molecular formula is C29H59N5O3. The molecule has 0 fully saturated rings. The maximum Gasteiger partial charge on any atom is 0.243 e. The quantitative estimate of drug-likeness (QED) is 0.106. The third-order valence-corrected chi connectivity index (χ3v) is 6.93. The third kappa shape index (κ3) is 21.0. The molecule has 3 amide bonds. The van der Waals surface area contributed by atoms with Gasteiger partial charge in [-0.05, 0) is 58.0 Å². The van der Waals surface area contributed by atoms with Crippen molar-refractivity contribution >= 4 is 17.7 Å². The second-order valence-corrected chi connectivity index (χ2v) is 10.4. The summed E-state index contributed by atoms with van der Waals surface area (Å²) in [6.07, 6.45) is 20.9. The van der Waals surface area contributed by atoms with Crippen molar-refractivity contribution in [2.75, 3.05) is 20.1 Å². The van der Waals surface area contributed by atoms with Crippen LogP contribution in [0.5, 0.6) is 0 Å². The van der Waals surface area contributed by atoms with E-state index in [9.17, 15) is 14.4 Å². The average Bonchev–Trinajstić information content (AvgIpc) is 2.89. The number of carbonyl (C=O) groups excluding carboxylic acids is 3. The summed E-state index contributed by atoms with van der Waals surface area (Å²) in [7, 11) is 1.56. The zero-order chi connectivity index (χ0) is 27.6. The molecule has 0 radical (unpaired) electrons. The number of carbonyl (C=O) groups is 3. The van der Waals surface area contributed by atoms with Gasteiger partial charge >= 0.3 is 0 Å². The van der Waals surface area contributed by atoms with Crippen LogP contribution in [0.25, 0.3) is 0 Å². The summed E-state index contributed by atoms with van der Waals surface area (Å²) in [5.41, 5.74) is 11.2. The standard InChI is InChI=1S/C29H59N5O3/c1-3-4-5-6-7-8-9-10-11-12-13-14-15-22-27(35)33-26(21-17-19-24-31)29(37)34-25(28(36)32-2)20-16-18-23-30/h25-26H,3-24,30-31H2,1-2H3,(H,32,36)(H,33,35)(H,34,37)/t25-,26-/m0/s1. The van der Waals surface area contributed by atoms with Crippen molar-refractivity contribution in [3.8, 4) is 0 Å². The average molecular weight is 526 g/mol. The molecule has 0 aliphatic heterocycles. The Bertz CT molecular complexity index is 574. The molecule has 0 heterocycles. The smallest absolute Gasteiger partial charge is 0.243 e. The first-order valence-electron chi connectivity index (χ1n) is 15.2. The van der Waals surface area contributed by atoms with Crippen molar-refractivity contribution in [2.45, 2.75) is 147 Å². The van der Waals surface area contributed by atoms with Gasteiger partial charge in [-0.3, -0.25) is 14.4 Å². The largest absolute Gasteiger partial charge is 0.357 e. The zero-order valence-electron chi connectivity index (χ0n) is 24.1. The van der Waals surface area contributed by atoms with Gasteiger partial charge in [0, 0.05) is 13.5 Å². The van der Waals surface area contributed by atoms with E-state index in [1.165, 1.54) is 64.2 Å². The number of unbranched alkanes of at least 4 members (excludes halogenated alkanes) is 14. The predicted molar refractivity (Wildman–Crippen MR) is 154 cm³/mol. The number of hydrogen-bond donors (Lipinski definition) is 5. The highest BCUT2D eigenvalue weighted by atomic mass is 16.2. The van der Waals surface area contributed by atoms with Crippen molar-refractivity contribution in [3.05, 3.63) is 0 Å². The van der Waals surface area contributed by atoms with Gasteiger partial charge in [0.15, 0.2) is 0 Å². The molecule has 0 saturated carbocycles. The topological polar surface area (TPSA) is 139 Å². The molecule has 0 aromatic heterocycles. The molecule has 37 heavy (non-hydrogen) atoms. The Hall–Kier alpha value is -1.67. The van der Waals surface area contributed by atoms with E-state index < -0.39 is 12.1 Å². The number of hydrogen-bond acceptors (Lipinski definition) is 5. The maximum absolute atomic E-state index is 13.0. The molecule has 2 atom stereocenters. The van der Waals surface area contributed by atoms with Gasteiger partial charge in [0.05, 0.1) is 0 Å². The van der Waals surface area contributed by atoms with Gasteiger partial charge in [0.1, 0.15) is 12.1 Å². The van der Waals surface area contributed by atoms with Gasteiger partial charge in [-0.25, -0.2) is 0 Å². The van der Waals surface area contributed by atoms with E-state index in [1.54, 1.807) is 7.05 Å². The summed E-state index contributed by atoms with van der Waals surface area (Å²) in [6, 6.07) is -1.28. The second kappa shape index (κ2) is 26.0. The second-order valence-electron chi connectivity index (χ2n) is 10.4. The fourth-order valence-corrected chi connectivity index (χ4v) is 4.54. The first kappa shape index (κ1) is 35.3. The van der Waals surface area contributed by atoms with Crippen LogP contribution in [0.2, 0.25) is 0 Å². The maximum atomic E-state index is 13.0. The molecule has 0 bridgehead atoms. The van der Waals surface area contributed by atoms with Gasteiger partial charge in [0.2, 0.25) is 17.7 Å². The van der Waals surface area contributed by atoms with Gasteiger partial charge < -0.3 is 27.4 Å². The molecule has 7 N–H and O–H groups in total. The van der Waals surface area contributed by atoms with Gasteiger partial charge in [0.25, 0.3) is 0 Å². The van der Waals surface area contributed by atoms with E-state index in [2.05, 4.69) is 22.9 Å². The third-order valence-electron chi connectivity index (χ3n) is 6.93. The highest BCUT2D eigenvalue weighted by molar-refractivity contribution is 5.91. The highest BCUT2D eigenvalue weighted by Gasteiger charge is 2.25. The molecule has 0 aromatic rings. The monoisotopic (exact) mass is 525 g/mol. The van der Waals surface area contributed by atoms with Crippen LogP contribution in [-0.2, 0) is 14.4 Å². The minimum atomic E-state index is -0.650. The lowest BCUT2D eigenvalue weighted by Crippen LogP contribution is -2.53. The number of likely N-dealkylation sites (N-methyl/N-ethyl adjacent to an activating group) is 1. The summed E-state index contributed by atoms with van der Waals surface area (Å²) in [5.74, 6) is -0.642. The Kier molecular flexibility index (Phi) is 24.8.